The molecule has 0 aliphatic rings. The minimum atomic E-state index is -4.25. The highest BCUT2D eigenvalue weighted by molar-refractivity contribution is 7.89. The van der Waals surface area contributed by atoms with Crippen LogP contribution in [0.4, 0.5) is 4.39 Å². The van der Waals surface area contributed by atoms with Crippen LogP contribution in [0.3, 0.4) is 0 Å². The summed E-state index contributed by atoms with van der Waals surface area (Å²) in [6.07, 6.45) is 0. The van der Waals surface area contributed by atoms with Crippen LogP contribution in [-0.4, -0.2) is 31.9 Å². The van der Waals surface area contributed by atoms with Crippen LogP contribution >= 0.6 is 0 Å². The summed E-state index contributed by atoms with van der Waals surface area (Å²) in [4.78, 5) is 20.2. The number of aromatic carboxylic acids is 1. The van der Waals surface area contributed by atoms with Crippen LogP contribution in [0.15, 0.2) is 23.1 Å². The number of hydrogen-bond acceptors (Lipinski definition) is 4. The van der Waals surface area contributed by atoms with Crippen molar-refractivity contribution in [1.82, 2.24) is 4.72 Å². The van der Waals surface area contributed by atoms with E-state index in [1.165, 1.54) is 0 Å². The fourth-order valence-corrected chi connectivity index (χ4v) is 2.15. The first-order chi connectivity index (χ1) is 8.24. The first-order valence-corrected chi connectivity index (χ1v) is 6.03. The van der Waals surface area contributed by atoms with Gasteiger partial charge in [0.2, 0.25) is 15.9 Å². The lowest BCUT2D eigenvalue weighted by Gasteiger charge is -2.06. The van der Waals surface area contributed by atoms with Crippen molar-refractivity contribution in [3.63, 3.8) is 0 Å². The molecule has 0 aliphatic heterocycles. The third-order valence-electron chi connectivity index (χ3n) is 1.90. The lowest BCUT2D eigenvalue weighted by atomic mass is 10.2. The SMILES string of the molecule is NC(=O)CNS(=O)(=O)c1ccc(C(=O)O)cc1F. The molecule has 0 atom stereocenters. The van der Waals surface area contributed by atoms with Gasteiger partial charge >= 0.3 is 5.97 Å². The molecule has 18 heavy (non-hydrogen) atoms. The molecular weight excluding hydrogens is 267 g/mol. The molecule has 1 aromatic carbocycles. The summed E-state index contributed by atoms with van der Waals surface area (Å²) in [7, 11) is -4.25. The van der Waals surface area contributed by atoms with Gasteiger partial charge < -0.3 is 10.8 Å². The maximum absolute atomic E-state index is 13.4. The molecule has 1 amide bonds. The number of sulfonamides is 1. The summed E-state index contributed by atoms with van der Waals surface area (Å²) in [6, 6.07) is 2.30. The Labute approximate surface area is 101 Å². The van der Waals surface area contributed by atoms with E-state index in [-0.39, 0.29) is 5.56 Å². The first-order valence-electron chi connectivity index (χ1n) is 4.55. The predicted molar refractivity (Wildman–Crippen MR) is 57.7 cm³/mol. The zero-order valence-corrected chi connectivity index (χ0v) is 9.70. The molecule has 98 valence electrons. The van der Waals surface area contributed by atoms with Crippen molar-refractivity contribution < 1.29 is 27.5 Å². The molecule has 0 saturated carbocycles. The molecule has 0 saturated heterocycles. The number of primary amides is 1. The Balaban J connectivity index is 3.10. The van der Waals surface area contributed by atoms with Gasteiger partial charge in [-0.3, -0.25) is 4.79 Å². The van der Waals surface area contributed by atoms with Gasteiger partial charge in [0.05, 0.1) is 12.1 Å². The minimum absolute atomic E-state index is 0.388. The van der Waals surface area contributed by atoms with E-state index < -0.39 is 39.2 Å². The van der Waals surface area contributed by atoms with Gasteiger partial charge in [-0.1, -0.05) is 0 Å². The van der Waals surface area contributed by atoms with Gasteiger partial charge in [0, 0.05) is 0 Å². The highest BCUT2D eigenvalue weighted by Crippen LogP contribution is 2.15. The topological polar surface area (TPSA) is 127 Å². The van der Waals surface area contributed by atoms with Crippen LogP contribution in [0, 0.1) is 5.82 Å². The number of hydrogen-bond donors (Lipinski definition) is 3. The maximum atomic E-state index is 13.4. The molecule has 0 radical (unpaired) electrons. The Morgan fingerprint density at radius 3 is 2.44 bits per heavy atom. The molecule has 0 heterocycles. The van der Waals surface area contributed by atoms with Crippen LogP contribution in [0.5, 0.6) is 0 Å². The van der Waals surface area contributed by atoms with Crippen molar-refractivity contribution in [2.75, 3.05) is 6.54 Å². The first kappa shape index (κ1) is 14.1. The molecule has 0 aliphatic carbocycles. The second kappa shape index (κ2) is 5.10. The summed E-state index contributed by atoms with van der Waals surface area (Å²) < 4.78 is 38.3. The third kappa shape index (κ3) is 3.25. The van der Waals surface area contributed by atoms with E-state index in [1.54, 1.807) is 4.72 Å². The molecular formula is C9H9FN2O5S. The van der Waals surface area contributed by atoms with Gasteiger partial charge in [-0.05, 0) is 18.2 Å². The van der Waals surface area contributed by atoms with Gasteiger partial charge in [0.25, 0.3) is 0 Å². The molecule has 0 bridgehead atoms. The van der Waals surface area contributed by atoms with Crippen molar-refractivity contribution in [2.24, 2.45) is 5.73 Å². The van der Waals surface area contributed by atoms with E-state index in [4.69, 9.17) is 10.8 Å². The molecule has 7 nitrogen and oxygen atoms in total. The van der Waals surface area contributed by atoms with Gasteiger partial charge in [0.1, 0.15) is 10.7 Å². The number of nitrogens with two attached hydrogens (primary N) is 1. The molecule has 0 spiro atoms. The van der Waals surface area contributed by atoms with Crippen LogP contribution < -0.4 is 10.5 Å². The van der Waals surface area contributed by atoms with E-state index in [2.05, 4.69) is 0 Å². The summed E-state index contributed by atoms with van der Waals surface area (Å²) in [5.74, 6) is -3.55. The Morgan fingerprint density at radius 1 is 1.39 bits per heavy atom. The standard InChI is InChI=1S/C9H9FN2O5S/c10-6-3-5(9(14)15)1-2-7(6)18(16,17)12-4-8(11)13/h1-3,12H,4H2,(H2,11,13)(H,14,15). The quantitative estimate of drug-likeness (QED) is 0.654. The second-order valence-corrected chi connectivity index (χ2v) is 4.98. The second-order valence-electron chi connectivity index (χ2n) is 3.24. The summed E-state index contributed by atoms with van der Waals surface area (Å²) >= 11 is 0. The Kier molecular flexibility index (Phi) is 3.99. The average Bonchev–Trinajstić information content (AvgIpc) is 2.26. The average molecular weight is 276 g/mol. The van der Waals surface area contributed by atoms with Crippen molar-refractivity contribution >= 4 is 21.9 Å². The van der Waals surface area contributed by atoms with Gasteiger partial charge in [-0.2, -0.15) is 0 Å². The highest BCUT2D eigenvalue weighted by atomic mass is 32.2. The predicted octanol–water partition coefficient (Wildman–Crippen LogP) is -0.713. The van der Waals surface area contributed by atoms with Crippen molar-refractivity contribution in [1.29, 1.82) is 0 Å². The summed E-state index contributed by atoms with van der Waals surface area (Å²) in [5, 5.41) is 8.59. The summed E-state index contributed by atoms with van der Waals surface area (Å²) in [5.41, 5.74) is 4.35. The Hall–Kier alpha value is -2.00. The maximum Gasteiger partial charge on any atom is 0.335 e. The van der Waals surface area contributed by atoms with Crippen LogP contribution in [0.2, 0.25) is 0 Å². The Morgan fingerprint density at radius 2 is 2.00 bits per heavy atom. The van der Waals surface area contributed by atoms with E-state index in [0.717, 1.165) is 12.1 Å². The van der Waals surface area contributed by atoms with Gasteiger partial charge in [-0.25, -0.2) is 22.3 Å². The molecule has 0 aromatic heterocycles. The number of halogens is 1. The Bertz CT molecular complexity index is 599. The van der Waals surface area contributed by atoms with Crippen molar-refractivity contribution in [2.45, 2.75) is 4.90 Å². The van der Waals surface area contributed by atoms with Crippen molar-refractivity contribution in [3.8, 4) is 0 Å². The lowest BCUT2D eigenvalue weighted by Crippen LogP contribution is -2.33. The number of carboxylic acid groups (broad SMARTS) is 1. The van der Waals surface area contributed by atoms with Crippen LogP contribution in [0.25, 0.3) is 0 Å². The third-order valence-corrected chi connectivity index (χ3v) is 3.34. The number of benzene rings is 1. The molecule has 1 aromatic rings. The fourth-order valence-electron chi connectivity index (χ4n) is 1.10. The van der Waals surface area contributed by atoms with E-state index in [9.17, 15) is 22.4 Å². The number of nitrogens with one attached hydrogen (secondary N) is 1. The minimum Gasteiger partial charge on any atom is -0.478 e. The monoisotopic (exact) mass is 276 g/mol. The molecule has 1 rings (SSSR count). The molecule has 9 heteroatoms. The smallest absolute Gasteiger partial charge is 0.335 e. The zero-order valence-electron chi connectivity index (χ0n) is 8.88. The number of carbonyl (C=O) groups is 2. The number of carbonyl (C=O) groups excluding carboxylic acids is 1. The van der Waals surface area contributed by atoms with Crippen LogP contribution in [-0.2, 0) is 14.8 Å². The highest BCUT2D eigenvalue weighted by Gasteiger charge is 2.20. The molecule has 4 N–H and O–H groups in total. The molecule has 0 fully saturated rings. The van der Waals surface area contributed by atoms with E-state index >= 15 is 0 Å². The lowest BCUT2D eigenvalue weighted by molar-refractivity contribution is -0.116. The normalized spacial score (nSPS) is 11.2. The number of amides is 1. The van der Waals surface area contributed by atoms with Crippen molar-refractivity contribution in [3.05, 3.63) is 29.6 Å². The van der Waals surface area contributed by atoms with Gasteiger partial charge in [-0.15, -0.1) is 0 Å². The van der Waals surface area contributed by atoms with E-state index in [1.807, 2.05) is 0 Å². The largest absolute Gasteiger partial charge is 0.478 e. The summed E-state index contributed by atoms with van der Waals surface area (Å²) in [6.45, 7) is -0.678. The number of carboxylic acids is 1. The fraction of sp³-hybridized carbons (Fsp3) is 0.111. The van der Waals surface area contributed by atoms with Crippen LogP contribution in [0.1, 0.15) is 10.4 Å². The molecule has 0 unspecified atom stereocenters. The van der Waals surface area contributed by atoms with Gasteiger partial charge in [0.15, 0.2) is 0 Å². The number of rotatable bonds is 5. The zero-order chi connectivity index (χ0) is 13.9. The van der Waals surface area contributed by atoms with E-state index in [0.29, 0.717) is 6.07 Å².